The topological polar surface area (TPSA) is 104 Å². The van der Waals surface area contributed by atoms with E-state index in [-0.39, 0.29) is 35.2 Å². The van der Waals surface area contributed by atoms with E-state index in [1.807, 2.05) is 27.1 Å². The van der Waals surface area contributed by atoms with Crippen LogP contribution in [0.5, 0.6) is 11.5 Å². The maximum atomic E-state index is 15.8. The van der Waals surface area contributed by atoms with Gasteiger partial charge in [-0.05, 0) is 19.9 Å². The molecule has 3 aromatic heterocycles. The third-order valence-electron chi connectivity index (χ3n) is 6.08. The molecule has 0 bridgehead atoms. The number of methoxy groups -OCH3 is 2. The number of aliphatic hydroxyl groups is 1. The Labute approximate surface area is 214 Å². The number of hydrogen-bond donors (Lipinski definition) is 1. The zero-order valence-electron chi connectivity index (χ0n) is 21.8. The number of pyridine rings is 1. The molecule has 0 saturated carbocycles. The van der Waals surface area contributed by atoms with Crippen molar-refractivity contribution >= 4 is 22.7 Å². The molecule has 196 valence electrons. The van der Waals surface area contributed by atoms with Crippen LogP contribution in [0.4, 0.5) is 15.9 Å². The molecular formula is C26H32FN6O4+. The summed E-state index contributed by atoms with van der Waals surface area (Å²) in [5.74, 6) is 0.291. The van der Waals surface area contributed by atoms with E-state index in [0.29, 0.717) is 28.4 Å². The number of fused-ring (bicyclic) bond motifs is 1. The largest absolute Gasteiger partial charge is 0.496 e. The lowest BCUT2D eigenvalue weighted by Gasteiger charge is -2.34. The molecule has 37 heavy (non-hydrogen) atoms. The van der Waals surface area contributed by atoms with Gasteiger partial charge >= 0.3 is 0 Å². The Kier molecular flexibility index (Phi) is 7.67. The minimum absolute atomic E-state index is 0.0195. The van der Waals surface area contributed by atoms with Crippen molar-refractivity contribution in [3.8, 4) is 22.8 Å². The standard InChI is InChI=1S/C26H32FN6O4/c1-16(2)37-15-18(34)14-33(4,22-9-19(35-5)10-23(36-6)25(22)27)24-8-7-20-26(31-24)30-21(12-28-20)17-11-29-32(3)13-17/h7-13,16,18,34H,14-15H2,1-6H3/q+1. The summed E-state index contributed by atoms with van der Waals surface area (Å²) in [4.78, 5) is 14.0. The van der Waals surface area contributed by atoms with Crippen LogP contribution in [0.2, 0.25) is 0 Å². The third-order valence-corrected chi connectivity index (χ3v) is 6.08. The lowest BCUT2D eigenvalue weighted by atomic mass is 10.1. The van der Waals surface area contributed by atoms with E-state index in [0.717, 1.165) is 5.56 Å². The summed E-state index contributed by atoms with van der Waals surface area (Å²) in [6, 6.07) is 6.58. The molecule has 1 N–H and O–H groups in total. The molecule has 0 fully saturated rings. The van der Waals surface area contributed by atoms with Crippen LogP contribution in [0.15, 0.2) is 42.9 Å². The number of rotatable bonds is 10. The van der Waals surface area contributed by atoms with E-state index < -0.39 is 11.9 Å². The fourth-order valence-electron chi connectivity index (χ4n) is 4.13. The van der Waals surface area contributed by atoms with Gasteiger partial charge in [0.25, 0.3) is 0 Å². The molecule has 11 heteroatoms. The number of quaternary nitrogens is 1. The Bertz CT molecular complexity index is 1400. The molecule has 2 atom stereocenters. The lowest BCUT2D eigenvalue weighted by molar-refractivity contribution is -0.000792. The highest BCUT2D eigenvalue weighted by Gasteiger charge is 2.38. The zero-order valence-corrected chi connectivity index (χ0v) is 21.8. The number of benzene rings is 1. The molecule has 0 saturated heterocycles. The van der Waals surface area contributed by atoms with Crippen LogP contribution >= 0.6 is 0 Å². The van der Waals surface area contributed by atoms with Gasteiger partial charge in [-0.25, -0.2) is 9.47 Å². The molecule has 0 aliphatic rings. The summed E-state index contributed by atoms with van der Waals surface area (Å²) in [5.41, 5.74) is 2.58. The van der Waals surface area contributed by atoms with E-state index in [1.54, 1.807) is 42.3 Å². The van der Waals surface area contributed by atoms with Crippen LogP contribution in [0.1, 0.15) is 13.8 Å². The third kappa shape index (κ3) is 5.53. The molecule has 1 aromatic carbocycles. The lowest BCUT2D eigenvalue weighted by Crippen LogP contribution is -2.48. The predicted molar refractivity (Wildman–Crippen MR) is 138 cm³/mol. The van der Waals surface area contributed by atoms with Crippen LogP contribution in [0, 0.1) is 5.82 Å². The van der Waals surface area contributed by atoms with Crippen LogP contribution in [-0.2, 0) is 11.8 Å². The molecule has 0 amide bonds. The average molecular weight is 512 g/mol. The zero-order chi connectivity index (χ0) is 26.7. The first-order valence-electron chi connectivity index (χ1n) is 11.8. The number of nitrogens with zero attached hydrogens (tertiary/aromatic N) is 6. The van der Waals surface area contributed by atoms with E-state index >= 15 is 4.39 Å². The van der Waals surface area contributed by atoms with Gasteiger partial charge < -0.3 is 19.3 Å². The number of hydrogen-bond acceptors (Lipinski definition) is 8. The Hall–Kier alpha value is -3.67. The van der Waals surface area contributed by atoms with Gasteiger partial charge in [-0.1, -0.05) is 0 Å². The van der Waals surface area contributed by atoms with Gasteiger partial charge in [0, 0.05) is 37.0 Å². The van der Waals surface area contributed by atoms with E-state index in [4.69, 9.17) is 19.2 Å². The maximum Gasteiger partial charge on any atom is 0.234 e. The number of ether oxygens (including phenoxy) is 3. The van der Waals surface area contributed by atoms with Crippen molar-refractivity contribution in [2.75, 3.05) is 34.4 Å². The van der Waals surface area contributed by atoms with Crippen LogP contribution in [0.25, 0.3) is 22.4 Å². The molecular weight excluding hydrogens is 479 g/mol. The summed E-state index contributed by atoms with van der Waals surface area (Å²) >= 11 is 0. The summed E-state index contributed by atoms with van der Waals surface area (Å²) in [6.45, 7) is 3.91. The van der Waals surface area contributed by atoms with Gasteiger partial charge in [-0.15, -0.1) is 0 Å². The summed E-state index contributed by atoms with van der Waals surface area (Å²) < 4.78 is 33.5. The Morgan fingerprint density at radius 3 is 2.54 bits per heavy atom. The number of aromatic nitrogens is 5. The Morgan fingerprint density at radius 1 is 1.11 bits per heavy atom. The van der Waals surface area contributed by atoms with Crippen molar-refractivity contribution in [2.24, 2.45) is 7.05 Å². The first kappa shape index (κ1) is 26.4. The Balaban J connectivity index is 1.86. The molecule has 0 aliphatic heterocycles. The SMILES string of the molecule is COc1cc(OC)c(F)c([N+](C)(CC(O)COC(C)C)c2ccc3ncc(-c4cnn(C)c4)nc3n2)c1. The highest BCUT2D eigenvalue weighted by Crippen LogP contribution is 2.41. The second-order valence-electron chi connectivity index (χ2n) is 9.24. The monoisotopic (exact) mass is 511 g/mol. The molecule has 4 aromatic rings. The van der Waals surface area contributed by atoms with Crippen molar-refractivity contribution < 1.29 is 23.7 Å². The first-order chi connectivity index (χ1) is 17.6. The number of halogens is 1. The minimum atomic E-state index is -0.922. The minimum Gasteiger partial charge on any atom is -0.496 e. The van der Waals surface area contributed by atoms with Crippen molar-refractivity contribution in [2.45, 2.75) is 26.1 Å². The van der Waals surface area contributed by atoms with Gasteiger partial charge in [-0.3, -0.25) is 9.67 Å². The molecule has 4 rings (SSSR count). The predicted octanol–water partition coefficient (Wildman–Crippen LogP) is 3.64. The normalized spacial score (nSPS) is 14.1. The van der Waals surface area contributed by atoms with Gasteiger partial charge in [0.1, 0.15) is 23.9 Å². The van der Waals surface area contributed by atoms with Crippen LogP contribution < -0.4 is 14.0 Å². The molecule has 0 aliphatic carbocycles. The van der Waals surface area contributed by atoms with Gasteiger partial charge in [0.15, 0.2) is 17.1 Å². The van der Waals surface area contributed by atoms with E-state index in [1.165, 1.54) is 20.3 Å². The molecule has 10 nitrogen and oxygen atoms in total. The van der Waals surface area contributed by atoms with Gasteiger partial charge in [0.05, 0.1) is 52.1 Å². The van der Waals surface area contributed by atoms with Gasteiger partial charge in [-0.2, -0.15) is 14.5 Å². The van der Waals surface area contributed by atoms with Crippen LogP contribution in [-0.4, -0.2) is 76.5 Å². The summed E-state index contributed by atoms with van der Waals surface area (Å²) in [7, 11) is 6.47. The quantitative estimate of drug-likeness (QED) is 0.322. The summed E-state index contributed by atoms with van der Waals surface area (Å²) in [6.07, 6.45) is 4.21. The summed E-state index contributed by atoms with van der Waals surface area (Å²) in [5, 5.41) is 15.1. The van der Waals surface area contributed by atoms with Crippen molar-refractivity contribution in [3.05, 3.63) is 48.7 Å². The number of aliphatic hydroxyl groups excluding tert-OH is 1. The first-order valence-corrected chi connectivity index (χ1v) is 11.8. The molecule has 0 spiro atoms. The van der Waals surface area contributed by atoms with E-state index in [9.17, 15) is 5.11 Å². The molecule has 0 radical (unpaired) electrons. The molecule has 3 heterocycles. The van der Waals surface area contributed by atoms with Gasteiger partial charge in [0.2, 0.25) is 11.6 Å². The Morgan fingerprint density at radius 2 is 1.89 bits per heavy atom. The maximum absolute atomic E-state index is 15.8. The van der Waals surface area contributed by atoms with Crippen molar-refractivity contribution in [3.63, 3.8) is 0 Å². The number of likely N-dealkylation sites (N-methyl/N-ethyl adjacent to an activating group) is 1. The van der Waals surface area contributed by atoms with Crippen molar-refractivity contribution in [1.29, 1.82) is 0 Å². The second-order valence-corrected chi connectivity index (χ2v) is 9.24. The smallest absolute Gasteiger partial charge is 0.234 e. The fourth-order valence-corrected chi connectivity index (χ4v) is 4.13. The highest BCUT2D eigenvalue weighted by atomic mass is 19.1. The number of aryl methyl sites for hydroxylation is 1. The van der Waals surface area contributed by atoms with Crippen molar-refractivity contribution in [1.82, 2.24) is 29.2 Å². The average Bonchev–Trinajstić information content (AvgIpc) is 3.33. The second kappa shape index (κ2) is 10.8. The molecule has 2 unspecified atom stereocenters. The fraction of sp³-hybridized carbons (Fsp3) is 0.385. The van der Waals surface area contributed by atoms with E-state index in [2.05, 4.69) is 15.1 Å². The van der Waals surface area contributed by atoms with Crippen LogP contribution in [0.3, 0.4) is 0 Å². The highest BCUT2D eigenvalue weighted by molar-refractivity contribution is 5.76.